The molecule has 0 aliphatic carbocycles. The van der Waals surface area contributed by atoms with E-state index in [-0.39, 0.29) is 22.8 Å². The molecule has 0 unspecified atom stereocenters. The summed E-state index contributed by atoms with van der Waals surface area (Å²) in [5.41, 5.74) is 5.87. The number of ether oxygens (including phenoxy) is 2. The lowest BCUT2D eigenvalue weighted by Gasteiger charge is -2.16. The number of para-hydroxylation sites is 1. The number of carbonyl (C=O) groups excluding carboxylic acids is 1. The maximum absolute atomic E-state index is 12.6. The molecule has 6 nitrogen and oxygen atoms in total. The Balaban J connectivity index is 1.84. The van der Waals surface area contributed by atoms with Crippen molar-refractivity contribution in [3.8, 4) is 17.2 Å². The highest BCUT2D eigenvalue weighted by Gasteiger charge is 2.22. The molecule has 0 radical (unpaired) electrons. The van der Waals surface area contributed by atoms with Gasteiger partial charge in [-0.15, -0.1) is 0 Å². The quantitative estimate of drug-likeness (QED) is 0.525. The van der Waals surface area contributed by atoms with E-state index < -0.39 is 12.0 Å². The number of benzene rings is 2. The number of hydrogen-bond acceptors (Lipinski definition) is 6. The van der Waals surface area contributed by atoms with Crippen molar-refractivity contribution in [1.82, 2.24) is 0 Å². The highest BCUT2D eigenvalue weighted by atomic mass is 16.5. The zero-order valence-corrected chi connectivity index (χ0v) is 15.2. The smallest absolute Gasteiger partial charge is 0.328 e. The topological polar surface area (TPSA) is 91.8 Å². The minimum absolute atomic E-state index is 0.00795. The molecule has 6 heteroatoms. The van der Waals surface area contributed by atoms with Crippen LogP contribution in [0, 0.1) is 5.92 Å². The van der Waals surface area contributed by atoms with E-state index >= 15 is 0 Å². The van der Waals surface area contributed by atoms with Crippen molar-refractivity contribution < 1.29 is 18.7 Å². The molecule has 0 aliphatic rings. The van der Waals surface area contributed by atoms with Gasteiger partial charge in [-0.05, 0) is 30.2 Å². The summed E-state index contributed by atoms with van der Waals surface area (Å²) >= 11 is 0. The molecule has 0 saturated heterocycles. The van der Waals surface area contributed by atoms with Crippen molar-refractivity contribution in [2.75, 3.05) is 0 Å². The van der Waals surface area contributed by atoms with Gasteiger partial charge in [-0.1, -0.05) is 38.5 Å². The van der Waals surface area contributed by atoms with Crippen molar-refractivity contribution in [1.29, 1.82) is 0 Å². The third-order valence-corrected chi connectivity index (χ3v) is 4.43. The van der Waals surface area contributed by atoms with E-state index in [2.05, 4.69) is 0 Å². The third kappa shape index (κ3) is 4.17. The van der Waals surface area contributed by atoms with Crippen molar-refractivity contribution in [3.05, 3.63) is 65.0 Å². The van der Waals surface area contributed by atoms with Crippen LogP contribution in [0.3, 0.4) is 0 Å². The SMILES string of the molecule is CC[C@H](C)[C@H](N)C(=O)Oc1ccc2c(=O)c(Oc3ccccc3)coc2c1. The molecule has 0 spiro atoms. The Labute approximate surface area is 156 Å². The molecule has 2 atom stereocenters. The first kappa shape index (κ1) is 18.7. The van der Waals surface area contributed by atoms with Crippen molar-refractivity contribution in [3.63, 3.8) is 0 Å². The monoisotopic (exact) mass is 367 g/mol. The Morgan fingerprint density at radius 2 is 1.89 bits per heavy atom. The van der Waals surface area contributed by atoms with Gasteiger partial charge in [0.1, 0.15) is 29.4 Å². The lowest BCUT2D eigenvalue weighted by atomic mass is 10.0. The van der Waals surface area contributed by atoms with Gasteiger partial charge in [0, 0.05) is 6.07 Å². The Morgan fingerprint density at radius 3 is 2.59 bits per heavy atom. The third-order valence-electron chi connectivity index (χ3n) is 4.43. The molecule has 2 aromatic carbocycles. The van der Waals surface area contributed by atoms with Crippen LogP contribution in [0.4, 0.5) is 0 Å². The highest BCUT2D eigenvalue weighted by molar-refractivity contribution is 5.82. The van der Waals surface area contributed by atoms with Gasteiger partial charge in [0.05, 0.1) is 5.39 Å². The molecule has 0 bridgehead atoms. The van der Waals surface area contributed by atoms with E-state index in [1.54, 1.807) is 12.1 Å². The number of fused-ring (bicyclic) bond motifs is 1. The van der Waals surface area contributed by atoms with Crippen molar-refractivity contribution >= 4 is 16.9 Å². The maximum atomic E-state index is 12.6. The van der Waals surface area contributed by atoms with E-state index in [4.69, 9.17) is 19.6 Å². The normalized spacial score (nSPS) is 13.1. The summed E-state index contributed by atoms with van der Waals surface area (Å²) in [6.45, 7) is 3.84. The van der Waals surface area contributed by atoms with Crippen LogP contribution in [0.15, 0.2) is 64.0 Å². The second kappa shape index (κ2) is 8.05. The summed E-state index contributed by atoms with van der Waals surface area (Å²) in [7, 11) is 0. The number of hydrogen-bond donors (Lipinski definition) is 1. The molecule has 1 aromatic heterocycles. The standard InChI is InChI=1S/C21H21NO5/c1-3-13(2)19(22)21(24)27-15-9-10-16-17(11-15)25-12-18(20(16)23)26-14-7-5-4-6-8-14/h4-13,19H,3,22H2,1-2H3/t13-,19-/m0/s1. The van der Waals surface area contributed by atoms with E-state index in [1.807, 2.05) is 32.0 Å². The van der Waals surface area contributed by atoms with Crippen LogP contribution in [0.2, 0.25) is 0 Å². The van der Waals surface area contributed by atoms with Gasteiger partial charge in [0.25, 0.3) is 0 Å². The van der Waals surface area contributed by atoms with Crippen LogP contribution in [0.1, 0.15) is 20.3 Å². The molecule has 2 N–H and O–H groups in total. The molecule has 140 valence electrons. The molecule has 0 saturated carbocycles. The second-order valence-corrected chi connectivity index (χ2v) is 6.33. The molecule has 27 heavy (non-hydrogen) atoms. The molecule has 0 aliphatic heterocycles. The van der Waals surface area contributed by atoms with Gasteiger partial charge >= 0.3 is 5.97 Å². The van der Waals surface area contributed by atoms with Gasteiger partial charge in [0.2, 0.25) is 11.2 Å². The Morgan fingerprint density at radius 1 is 1.15 bits per heavy atom. The van der Waals surface area contributed by atoms with E-state index in [0.717, 1.165) is 6.42 Å². The Hall–Kier alpha value is -3.12. The number of esters is 1. The Bertz CT molecular complexity index is 996. The summed E-state index contributed by atoms with van der Waals surface area (Å²) in [5, 5.41) is 0.328. The molecule has 0 amide bonds. The maximum Gasteiger partial charge on any atom is 0.328 e. The first-order chi connectivity index (χ1) is 13.0. The first-order valence-electron chi connectivity index (χ1n) is 8.75. The Kier molecular flexibility index (Phi) is 5.57. The summed E-state index contributed by atoms with van der Waals surface area (Å²) in [5.74, 6) is 0.376. The fraction of sp³-hybridized carbons (Fsp3) is 0.238. The van der Waals surface area contributed by atoms with E-state index in [1.165, 1.54) is 24.5 Å². The van der Waals surface area contributed by atoms with Gasteiger partial charge < -0.3 is 19.6 Å². The fourth-order valence-corrected chi connectivity index (χ4v) is 2.51. The van der Waals surface area contributed by atoms with Crippen LogP contribution in [0.5, 0.6) is 17.2 Å². The summed E-state index contributed by atoms with van der Waals surface area (Å²) in [6.07, 6.45) is 2.02. The van der Waals surface area contributed by atoms with Gasteiger partial charge in [-0.3, -0.25) is 4.79 Å². The average molecular weight is 367 g/mol. The number of nitrogens with two attached hydrogens (primary N) is 1. The van der Waals surface area contributed by atoms with Crippen LogP contribution < -0.4 is 20.6 Å². The summed E-state index contributed by atoms with van der Waals surface area (Å²) in [6, 6.07) is 12.8. The number of carbonyl (C=O) groups is 1. The zero-order chi connectivity index (χ0) is 19.4. The van der Waals surface area contributed by atoms with Gasteiger partial charge in [0.15, 0.2) is 0 Å². The first-order valence-corrected chi connectivity index (χ1v) is 8.75. The van der Waals surface area contributed by atoms with E-state index in [0.29, 0.717) is 16.7 Å². The minimum atomic E-state index is -0.709. The largest absolute Gasteiger partial charge is 0.460 e. The van der Waals surface area contributed by atoms with Gasteiger partial charge in [-0.25, -0.2) is 4.79 Å². The lowest BCUT2D eigenvalue weighted by Crippen LogP contribution is -2.39. The van der Waals surface area contributed by atoms with Crippen LogP contribution >= 0.6 is 0 Å². The van der Waals surface area contributed by atoms with Crippen LogP contribution in [0.25, 0.3) is 11.0 Å². The van der Waals surface area contributed by atoms with Crippen LogP contribution in [-0.4, -0.2) is 12.0 Å². The average Bonchev–Trinajstić information content (AvgIpc) is 2.69. The predicted molar refractivity (Wildman–Crippen MR) is 102 cm³/mol. The molecule has 3 aromatic rings. The second-order valence-electron chi connectivity index (χ2n) is 6.33. The molecular formula is C21H21NO5. The summed E-state index contributed by atoms with van der Waals surface area (Å²) < 4.78 is 16.4. The number of rotatable bonds is 6. The zero-order valence-electron chi connectivity index (χ0n) is 15.2. The molecule has 3 rings (SSSR count). The fourth-order valence-electron chi connectivity index (χ4n) is 2.51. The predicted octanol–water partition coefficient (Wildman–Crippen LogP) is 3.86. The summed E-state index contributed by atoms with van der Waals surface area (Å²) in [4.78, 5) is 24.7. The molecular weight excluding hydrogens is 346 g/mol. The van der Waals surface area contributed by atoms with Crippen LogP contribution in [-0.2, 0) is 4.79 Å². The highest BCUT2D eigenvalue weighted by Crippen LogP contribution is 2.24. The lowest BCUT2D eigenvalue weighted by molar-refractivity contribution is -0.137. The van der Waals surface area contributed by atoms with Crippen molar-refractivity contribution in [2.45, 2.75) is 26.3 Å². The minimum Gasteiger partial charge on any atom is -0.460 e. The van der Waals surface area contributed by atoms with E-state index in [9.17, 15) is 9.59 Å². The molecule has 1 heterocycles. The van der Waals surface area contributed by atoms with Crippen molar-refractivity contribution in [2.24, 2.45) is 11.7 Å². The molecule has 0 fully saturated rings. The van der Waals surface area contributed by atoms with Gasteiger partial charge in [-0.2, -0.15) is 0 Å².